The summed E-state index contributed by atoms with van der Waals surface area (Å²) in [6.07, 6.45) is 0.742. The smallest absolute Gasteiger partial charge is 0.310 e. The van der Waals surface area contributed by atoms with Gasteiger partial charge < -0.3 is 10.4 Å². The monoisotopic (exact) mass is 289 g/mol. The molecule has 0 bridgehead atoms. The topological polar surface area (TPSA) is 49.3 Å². The molecule has 0 aliphatic heterocycles. The van der Waals surface area contributed by atoms with Crippen LogP contribution in [0.15, 0.2) is 18.2 Å². The Bertz CT molecular complexity index is 433. The molecule has 100 valence electrons. The second-order valence-corrected chi connectivity index (χ2v) is 5.70. The molecule has 0 saturated heterocycles. The molecule has 0 radical (unpaired) electrons. The zero-order chi connectivity index (χ0) is 13.8. The summed E-state index contributed by atoms with van der Waals surface area (Å²) in [4.78, 5) is 10.9. The predicted octanol–water partition coefficient (Wildman–Crippen LogP) is 3.24. The Hall–Kier alpha value is -0.770. The maximum atomic E-state index is 10.9. The molecule has 2 N–H and O–H groups in total. The van der Waals surface area contributed by atoms with Crippen LogP contribution < -0.4 is 5.32 Å². The quantitative estimate of drug-likeness (QED) is 0.791. The largest absolute Gasteiger partial charge is 0.481 e. The number of benzene rings is 1. The number of carboxylic acids is 1. The van der Waals surface area contributed by atoms with E-state index >= 15 is 0 Å². The summed E-state index contributed by atoms with van der Waals surface area (Å²) in [5, 5.41) is 13.3. The lowest BCUT2D eigenvalue weighted by Gasteiger charge is -2.19. The van der Waals surface area contributed by atoms with E-state index in [4.69, 9.17) is 28.3 Å². The van der Waals surface area contributed by atoms with Crippen molar-refractivity contribution < 1.29 is 9.90 Å². The number of hydrogen-bond acceptors (Lipinski definition) is 2. The van der Waals surface area contributed by atoms with Gasteiger partial charge in [0.05, 0.1) is 5.41 Å². The summed E-state index contributed by atoms with van der Waals surface area (Å²) >= 11 is 11.9. The van der Waals surface area contributed by atoms with Crippen molar-refractivity contribution in [3.05, 3.63) is 33.8 Å². The number of rotatable bonds is 6. The molecule has 0 spiro atoms. The molecule has 0 aliphatic carbocycles. The molecule has 3 nitrogen and oxygen atoms in total. The lowest BCUT2D eigenvalue weighted by Crippen LogP contribution is -2.36. The van der Waals surface area contributed by atoms with Crippen LogP contribution in [0.4, 0.5) is 0 Å². The molecular formula is C13H17Cl2NO2. The third-order valence-electron chi connectivity index (χ3n) is 2.73. The Kier molecular flexibility index (Phi) is 5.45. The number of carbonyl (C=O) groups is 1. The highest BCUT2D eigenvalue weighted by Gasteiger charge is 2.26. The van der Waals surface area contributed by atoms with Crippen LogP contribution >= 0.6 is 23.2 Å². The van der Waals surface area contributed by atoms with Gasteiger partial charge in [-0.25, -0.2) is 0 Å². The number of hydrogen-bond donors (Lipinski definition) is 2. The normalized spacial score (nSPS) is 11.6. The minimum absolute atomic E-state index is 0.424. The lowest BCUT2D eigenvalue weighted by molar-refractivity contribution is -0.146. The second-order valence-electron chi connectivity index (χ2n) is 4.85. The van der Waals surface area contributed by atoms with Gasteiger partial charge in [0.1, 0.15) is 0 Å². The van der Waals surface area contributed by atoms with Crippen LogP contribution in [0.3, 0.4) is 0 Å². The maximum absolute atomic E-state index is 10.9. The van der Waals surface area contributed by atoms with Crippen molar-refractivity contribution in [2.24, 2.45) is 5.41 Å². The molecule has 0 aliphatic rings. The molecule has 0 amide bonds. The summed E-state index contributed by atoms with van der Waals surface area (Å²) in [6, 6.07) is 5.39. The van der Waals surface area contributed by atoms with Crippen molar-refractivity contribution in [2.75, 3.05) is 13.1 Å². The molecule has 0 unspecified atom stereocenters. The Balaban J connectivity index is 2.41. The number of nitrogens with one attached hydrogen (secondary N) is 1. The van der Waals surface area contributed by atoms with Crippen molar-refractivity contribution in [3.63, 3.8) is 0 Å². The van der Waals surface area contributed by atoms with Gasteiger partial charge in [0.25, 0.3) is 0 Å². The van der Waals surface area contributed by atoms with Crippen molar-refractivity contribution in [1.29, 1.82) is 0 Å². The molecule has 0 fully saturated rings. The first-order valence-electron chi connectivity index (χ1n) is 5.71. The fourth-order valence-corrected chi connectivity index (χ4v) is 1.93. The molecule has 0 atom stereocenters. The Morgan fingerprint density at radius 1 is 1.39 bits per heavy atom. The highest BCUT2D eigenvalue weighted by Crippen LogP contribution is 2.21. The molecular weight excluding hydrogens is 273 g/mol. The van der Waals surface area contributed by atoms with E-state index in [0.717, 1.165) is 12.0 Å². The van der Waals surface area contributed by atoms with Crippen LogP contribution in [0.1, 0.15) is 19.4 Å². The van der Waals surface area contributed by atoms with Gasteiger partial charge in [-0.3, -0.25) is 4.79 Å². The van der Waals surface area contributed by atoms with E-state index in [9.17, 15) is 4.79 Å². The van der Waals surface area contributed by atoms with Gasteiger partial charge in [-0.15, -0.1) is 0 Å². The maximum Gasteiger partial charge on any atom is 0.310 e. The van der Waals surface area contributed by atoms with Gasteiger partial charge >= 0.3 is 5.97 Å². The molecule has 0 aromatic heterocycles. The summed E-state index contributed by atoms with van der Waals surface area (Å²) in [5.41, 5.74) is 0.241. The summed E-state index contributed by atoms with van der Waals surface area (Å²) in [6.45, 7) is 4.49. The number of aliphatic carboxylic acids is 1. The van der Waals surface area contributed by atoms with E-state index in [1.165, 1.54) is 0 Å². The average Bonchev–Trinajstić information content (AvgIpc) is 2.26. The lowest BCUT2D eigenvalue weighted by atomic mass is 9.94. The molecule has 1 aromatic rings. The van der Waals surface area contributed by atoms with Crippen molar-refractivity contribution in [3.8, 4) is 0 Å². The zero-order valence-corrected chi connectivity index (χ0v) is 12.0. The zero-order valence-electron chi connectivity index (χ0n) is 10.5. The van der Waals surface area contributed by atoms with E-state index in [1.54, 1.807) is 26.0 Å². The van der Waals surface area contributed by atoms with Gasteiger partial charge in [-0.05, 0) is 44.5 Å². The summed E-state index contributed by atoms with van der Waals surface area (Å²) in [7, 11) is 0. The van der Waals surface area contributed by atoms with Gasteiger partial charge in [0, 0.05) is 16.6 Å². The Morgan fingerprint density at radius 3 is 2.61 bits per heavy atom. The van der Waals surface area contributed by atoms with Gasteiger partial charge in [-0.2, -0.15) is 0 Å². The molecule has 0 heterocycles. The Labute approximate surface area is 117 Å². The van der Waals surface area contributed by atoms with Crippen LogP contribution in [0, 0.1) is 5.41 Å². The van der Waals surface area contributed by atoms with Crippen LogP contribution in [0.5, 0.6) is 0 Å². The first-order valence-corrected chi connectivity index (χ1v) is 6.46. The number of halogens is 2. The molecule has 0 saturated carbocycles. The van der Waals surface area contributed by atoms with E-state index in [0.29, 0.717) is 23.1 Å². The third-order valence-corrected chi connectivity index (χ3v) is 3.32. The summed E-state index contributed by atoms with van der Waals surface area (Å²) < 4.78 is 0. The highest BCUT2D eigenvalue weighted by atomic mass is 35.5. The van der Waals surface area contributed by atoms with Gasteiger partial charge in [0.2, 0.25) is 0 Å². The van der Waals surface area contributed by atoms with Crippen molar-refractivity contribution in [1.82, 2.24) is 5.32 Å². The van der Waals surface area contributed by atoms with Crippen LogP contribution in [-0.2, 0) is 11.2 Å². The van der Waals surface area contributed by atoms with E-state index in [2.05, 4.69) is 5.32 Å². The molecule has 18 heavy (non-hydrogen) atoms. The summed E-state index contributed by atoms with van der Waals surface area (Å²) in [5.74, 6) is -0.806. The SMILES string of the molecule is CC(C)(CNCCc1ccc(Cl)cc1Cl)C(=O)O. The average molecular weight is 290 g/mol. The van der Waals surface area contributed by atoms with Gasteiger partial charge in [0.15, 0.2) is 0 Å². The Morgan fingerprint density at radius 2 is 2.06 bits per heavy atom. The highest BCUT2D eigenvalue weighted by molar-refractivity contribution is 6.35. The van der Waals surface area contributed by atoms with Crippen molar-refractivity contribution >= 4 is 29.2 Å². The fraction of sp³-hybridized carbons (Fsp3) is 0.462. The van der Waals surface area contributed by atoms with E-state index in [1.807, 2.05) is 6.07 Å². The fourth-order valence-electron chi connectivity index (χ4n) is 1.42. The van der Waals surface area contributed by atoms with E-state index < -0.39 is 11.4 Å². The minimum Gasteiger partial charge on any atom is -0.481 e. The second kappa shape index (κ2) is 6.41. The number of carboxylic acid groups (broad SMARTS) is 1. The first kappa shape index (κ1) is 15.3. The third kappa shape index (κ3) is 4.48. The van der Waals surface area contributed by atoms with Crippen LogP contribution in [-0.4, -0.2) is 24.2 Å². The van der Waals surface area contributed by atoms with Crippen LogP contribution in [0.2, 0.25) is 10.0 Å². The molecule has 5 heteroatoms. The van der Waals surface area contributed by atoms with Crippen molar-refractivity contribution in [2.45, 2.75) is 20.3 Å². The minimum atomic E-state index is -0.806. The standard InChI is InChI=1S/C13H17Cl2NO2/c1-13(2,12(17)18)8-16-6-5-9-3-4-10(14)7-11(9)15/h3-4,7,16H,5-6,8H2,1-2H3,(H,17,18). The van der Waals surface area contributed by atoms with E-state index in [-0.39, 0.29) is 0 Å². The van der Waals surface area contributed by atoms with Crippen LogP contribution in [0.25, 0.3) is 0 Å². The first-order chi connectivity index (χ1) is 8.33. The molecule has 1 aromatic carbocycles. The van der Waals surface area contributed by atoms with Gasteiger partial charge in [-0.1, -0.05) is 29.3 Å². The molecule has 1 rings (SSSR count). The predicted molar refractivity (Wildman–Crippen MR) is 74.5 cm³/mol.